The SMILES string of the molecule is COc1cc2cc(C(=O)NCC(=O)Nc3ccc4c(c3)OCO4)[nH]c2c(OC)c1OC. The van der Waals surface area contributed by atoms with Crippen LogP contribution in [0.1, 0.15) is 10.5 Å². The lowest BCUT2D eigenvalue weighted by molar-refractivity contribution is -0.115. The van der Waals surface area contributed by atoms with Crippen LogP contribution >= 0.6 is 0 Å². The second-order valence-corrected chi connectivity index (χ2v) is 6.59. The van der Waals surface area contributed by atoms with Crippen molar-refractivity contribution in [3.05, 3.63) is 36.0 Å². The third-order valence-electron chi connectivity index (χ3n) is 4.73. The van der Waals surface area contributed by atoms with Crippen molar-refractivity contribution in [2.24, 2.45) is 0 Å². The fourth-order valence-corrected chi connectivity index (χ4v) is 3.30. The van der Waals surface area contributed by atoms with Crippen LogP contribution in [0.25, 0.3) is 10.9 Å². The highest BCUT2D eigenvalue weighted by Crippen LogP contribution is 2.43. The molecule has 1 aromatic heterocycles. The Bertz CT molecular complexity index is 1160. The molecule has 2 amide bonds. The highest BCUT2D eigenvalue weighted by Gasteiger charge is 2.20. The van der Waals surface area contributed by atoms with Gasteiger partial charge in [0.15, 0.2) is 23.0 Å². The summed E-state index contributed by atoms with van der Waals surface area (Å²) in [6.45, 7) is -0.0672. The number of rotatable bonds is 7. The molecule has 3 N–H and O–H groups in total. The number of amides is 2. The third-order valence-corrected chi connectivity index (χ3v) is 4.73. The molecule has 0 radical (unpaired) electrons. The van der Waals surface area contributed by atoms with E-state index in [1.807, 2.05) is 0 Å². The summed E-state index contributed by atoms with van der Waals surface area (Å²) in [5.74, 6) is 1.64. The minimum atomic E-state index is -0.447. The number of fused-ring (bicyclic) bond motifs is 2. The van der Waals surface area contributed by atoms with Crippen molar-refractivity contribution < 1.29 is 33.3 Å². The number of hydrogen-bond donors (Lipinski definition) is 3. The molecule has 31 heavy (non-hydrogen) atoms. The summed E-state index contributed by atoms with van der Waals surface area (Å²) in [7, 11) is 4.52. The van der Waals surface area contributed by atoms with Crippen LogP contribution in [0.15, 0.2) is 30.3 Å². The average molecular weight is 427 g/mol. The van der Waals surface area contributed by atoms with Gasteiger partial charge in [0.05, 0.1) is 33.4 Å². The number of carbonyl (C=O) groups is 2. The Balaban J connectivity index is 1.45. The maximum atomic E-state index is 12.6. The zero-order chi connectivity index (χ0) is 22.0. The van der Waals surface area contributed by atoms with Crippen LogP contribution in [0.5, 0.6) is 28.7 Å². The highest BCUT2D eigenvalue weighted by molar-refractivity contribution is 6.03. The number of H-pyrrole nitrogens is 1. The van der Waals surface area contributed by atoms with Gasteiger partial charge in [-0.05, 0) is 24.3 Å². The molecule has 0 saturated heterocycles. The van der Waals surface area contributed by atoms with E-state index in [-0.39, 0.29) is 24.9 Å². The first-order chi connectivity index (χ1) is 15.0. The van der Waals surface area contributed by atoms with Crippen LogP contribution in [-0.4, -0.2) is 51.5 Å². The second kappa shape index (κ2) is 8.34. The standard InChI is InChI=1S/C21H21N3O7/c1-27-16-7-11-6-13(24-18(11)20(29-3)19(16)28-2)21(26)22-9-17(25)23-12-4-5-14-15(8-12)31-10-30-14/h4-8,24H,9-10H2,1-3H3,(H,22,26)(H,23,25). The third kappa shape index (κ3) is 3.87. The molecule has 162 valence electrons. The van der Waals surface area contributed by atoms with Crippen molar-refractivity contribution in [1.82, 2.24) is 10.3 Å². The van der Waals surface area contributed by atoms with Crippen LogP contribution in [0.3, 0.4) is 0 Å². The second-order valence-electron chi connectivity index (χ2n) is 6.59. The quantitative estimate of drug-likeness (QED) is 0.529. The molecule has 0 saturated carbocycles. The molecule has 0 bridgehead atoms. The molecule has 0 atom stereocenters. The fourth-order valence-electron chi connectivity index (χ4n) is 3.30. The summed E-state index contributed by atoms with van der Waals surface area (Å²) in [4.78, 5) is 27.8. The molecule has 2 aromatic carbocycles. The molecule has 10 heteroatoms. The molecule has 1 aliphatic rings. The number of methoxy groups -OCH3 is 3. The molecule has 0 aliphatic carbocycles. The molecular formula is C21H21N3O7. The predicted molar refractivity (Wildman–Crippen MR) is 111 cm³/mol. The molecule has 3 aromatic rings. The van der Waals surface area contributed by atoms with E-state index in [1.165, 1.54) is 21.3 Å². The number of ether oxygens (including phenoxy) is 5. The summed E-state index contributed by atoms with van der Waals surface area (Å²) in [5, 5.41) is 5.98. The monoisotopic (exact) mass is 427 g/mol. The Morgan fingerprint density at radius 1 is 1.00 bits per heavy atom. The summed E-state index contributed by atoms with van der Waals surface area (Å²) in [6, 6.07) is 8.43. The van der Waals surface area contributed by atoms with E-state index in [1.54, 1.807) is 30.3 Å². The summed E-state index contributed by atoms with van der Waals surface area (Å²) in [5.41, 5.74) is 1.38. The molecule has 0 fully saturated rings. The Kier molecular flexibility index (Phi) is 5.44. The minimum Gasteiger partial charge on any atom is -0.493 e. The number of benzene rings is 2. The Labute approximate surface area is 177 Å². The first-order valence-electron chi connectivity index (χ1n) is 9.33. The molecule has 2 heterocycles. The van der Waals surface area contributed by atoms with Crippen molar-refractivity contribution >= 4 is 28.4 Å². The summed E-state index contributed by atoms with van der Waals surface area (Å²) < 4.78 is 26.6. The predicted octanol–water partition coefficient (Wildman–Crippen LogP) is 2.29. The van der Waals surface area contributed by atoms with E-state index in [0.29, 0.717) is 45.3 Å². The molecular weight excluding hydrogens is 406 g/mol. The number of aromatic amines is 1. The number of hydrogen-bond acceptors (Lipinski definition) is 7. The first-order valence-corrected chi connectivity index (χ1v) is 9.33. The van der Waals surface area contributed by atoms with Crippen molar-refractivity contribution in [2.45, 2.75) is 0 Å². The van der Waals surface area contributed by atoms with Gasteiger partial charge in [-0.1, -0.05) is 0 Å². The molecule has 0 unspecified atom stereocenters. The zero-order valence-electron chi connectivity index (χ0n) is 17.2. The smallest absolute Gasteiger partial charge is 0.268 e. The topological polar surface area (TPSA) is 120 Å². The van der Waals surface area contributed by atoms with Crippen molar-refractivity contribution in [2.75, 3.05) is 40.0 Å². The van der Waals surface area contributed by atoms with Crippen LogP contribution in [0, 0.1) is 0 Å². The van der Waals surface area contributed by atoms with Gasteiger partial charge in [0.2, 0.25) is 18.4 Å². The van der Waals surface area contributed by atoms with Crippen molar-refractivity contribution in [3.8, 4) is 28.7 Å². The summed E-state index contributed by atoms with van der Waals surface area (Å²) in [6.07, 6.45) is 0. The van der Waals surface area contributed by atoms with Gasteiger partial charge in [-0.25, -0.2) is 0 Å². The number of nitrogens with one attached hydrogen (secondary N) is 3. The molecule has 0 spiro atoms. The largest absolute Gasteiger partial charge is 0.493 e. The number of carbonyl (C=O) groups excluding carboxylic acids is 2. The summed E-state index contributed by atoms with van der Waals surface area (Å²) >= 11 is 0. The van der Waals surface area contributed by atoms with Gasteiger partial charge in [0.1, 0.15) is 5.69 Å². The zero-order valence-corrected chi connectivity index (χ0v) is 17.2. The van der Waals surface area contributed by atoms with E-state index < -0.39 is 5.91 Å². The van der Waals surface area contributed by atoms with Crippen LogP contribution in [0.4, 0.5) is 5.69 Å². The van der Waals surface area contributed by atoms with E-state index in [2.05, 4.69) is 15.6 Å². The lowest BCUT2D eigenvalue weighted by Crippen LogP contribution is -2.33. The lowest BCUT2D eigenvalue weighted by Gasteiger charge is -2.12. The van der Waals surface area contributed by atoms with Gasteiger partial charge in [0.25, 0.3) is 5.91 Å². The Morgan fingerprint density at radius 3 is 2.52 bits per heavy atom. The van der Waals surface area contributed by atoms with Gasteiger partial charge < -0.3 is 39.3 Å². The average Bonchev–Trinajstić information content (AvgIpc) is 3.42. The Hall–Kier alpha value is -4.08. The minimum absolute atomic E-state index is 0.149. The molecule has 4 rings (SSSR count). The van der Waals surface area contributed by atoms with Crippen molar-refractivity contribution in [3.63, 3.8) is 0 Å². The van der Waals surface area contributed by atoms with Gasteiger partial charge in [-0.15, -0.1) is 0 Å². The Morgan fingerprint density at radius 2 is 1.77 bits per heavy atom. The maximum Gasteiger partial charge on any atom is 0.268 e. The van der Waals surface area contributed by atoms with E-state index in [0.717, 1.165) is 0 Å². The highest BCUT2D eigenvalue weighted by atomic mass is 16.7. The normalized spacial score (nSPS) is 11.8. The van der Waals surface area contributed by atoms with Gasteiger partial charge >= 0.3 is 0 Å². The number of aromatic nitrogens is 1. The molecule has 1 aliphatic heterocycles. The lowest BCUT2D eigenvalue weighted by atomic mass is 10.2. The van der Waals surface area contributed by atoms with Gasteiger partial charge in [-0.2, -0.15) is 0 Å². The van der Waals surface area contributed by atoms with E-state index in [9.17, 15) is 9.59 Å². The van der Waals surface area contributed by atoms with Crippen LogP contribution in [-0.2, 0) is 4.79 Å². The first kappa shape index (κ1) is 20.2. The van der Waals surface area contributed by atoms with Gasteiger partial charge in [-0.3, -0.25) is 9.59 Å². The maximum absolute atomic E-state index is 12.6. The van der Waals surface area contributed by atoms with Gasteiger partial charge in [0, 0.05) is 17.1 Å². The van der Waals surface area contributed by atoms with Crippen molar-refractivity contribution in [1.29, 1.82) is 0 Å². The molecule has 10 nitrogen and oxygen atoms in total. The number of anilines is 1. The van der Waals surface area contributed by atoms with E-state index >= 15 is 0 Å². The fraction of sp³-hybridized carbons (Fsp3) is 0.238. The van der Waals surface area contributed by atoms with E-state index in [4.69, 9.17) is 23.7 Å². The van der Waals surface area contributed by atoms with Crippen LogP contribution in [0.2, 0.25) is 0 Å². The van der Waals surface area contributed by atoms with Crippen LogP contribution < -0.4 is 34.3 Å².